The van der Waals surface area contributed by atoms with Crippen LogP contribution in [0.2, 0.25) is 0 Å². The van der Waals surface area contributed by atoms with Crippen LogP contribution in [0.15, 0.2) is 18.5 Å². The number of methoxy groups -OCH3 is 1. The summed E-state index contributed by atoms with van der Waals surface area (Å²) in [4.78, 5) is 8.17. The molecular weight excluding hydrogens is 258 g/mol. The summed E-state index contributed by atoms with van der Waals surface area (Å²) < 4.78 is 16.6. The summed E-state index contributed by atoms with van der Waals surface area (Å²) in [5, 5.41) is 0.769. The lowest BCUT2D eigenvalue weighted by atomic mass is 10.1. The number of rotatable bonds is 4. The first-order chi connectivity index (χ1) is 9.78. The molecule has 0 aliphatic carbocycles. The molecule has 0 amide bonds. The van der Waals surface area contributed by atoms with Gasteiger partial charge in [-0.25, -0.2) is 9.97 Å². The molecule has 0 bridgehead atoms. The van der Waals surface area contributed by atoms with Gasteiger partial charge in [-0.2, -0.15) is 0 Å². The fraction of sp³-hybridized carbons (Fsp3) is 0.429. The standard InChI is InChI=1S/C14H17N3O3/c1-18-12-5-11-10(14(15)17-8-16-11)4-13(12)20-7-9-2-3-19-6-9/h4-5,8-9H,2-3,6-7H2,1H3,(H2,15,16,17). The Balaban J connectivity index is 1.89. The zero-order valence-electron chi connectivity index (χ0n) is 11.3. The average Bonchev–Trinajstić information content (AvgIpc) is 2.98. The highest BCUT2D eigenvalue weighted by Crippen LogP contribution is 2.33. The SMILES string of the molecule is COc1cc2ncnc(N)c2cc1OCC1CCOC1. The zero-order valence-corrected chi connectivity index (χ0v) is 11.3. The Morgan fingerprint density at radius 2 is 2.25 bits per heavy atom. The summed E-state index contributed by atoms with van der Waals surface area (Å²) in [5.74, 6) is 2.18. The quantitative estimate of drug-likeness (QED) is 0.913. The lowest BCUT2D eigenvalue weighted by Gasteiger charge is -2.14. The molecule has 1 aliphatic heterocycles. The van der Waals surface area contributed by atoms with Gasteiger partial charge in [0.1, 0.15) is 12.1 Å². The van der Waals surface area contributed by atoms with Crippen LogP contribution in [0.4, 0.5) is 5.82 Å². The molecule has 6 heteroatoms. The molecule has 2 N–H and O–H groups in total. The first kappa shape index (κ1) is 12.9. The van der Waals surface area contributed by atoms with Crippen molar-refractivity contribution < 1.29 is 14.2 Å². The van der Waals surface area contributed by atoms with Crippen LogP contribution in [0.25, 0.3) is 10.9 Å². The monoisotopic (exact) mass is 275 g/mol. The van der Waals surface area contributed by atoms with Gasteiger partial charge in [0.25, 0.3) is 0 Å². The van der Waals surface area contributed by atoms with E-state index in [4.69, 9.17) is 19.9 Å². The van der Waals surface area contributed by atoms with Gasteiger partial charge in [0.15, 0.2) is 11.5 Å². The van der Waals surface area contributed by atoms with Crippen LogP contribution in [0, 0.1) is 5.92 Å². The number of nitrogens with two attached hydrogens (primary N) is 1. The topological polar surface area (TPSA) is 79.5 Å². The van der Waals surface area contributed by atoms with E-state index in [0.717, 1.165) is 30.5 Å². The van der Waals surface area contributed by atoms with E-state index in [0.29, 0.717) is 29.8 Å². The molecule has 3 rings (SSSR count). The van der Waals surface area contributed by atoms with Crippen LogP contribution in [-0.4, -0.2) is 36.9 Å². The van der Waals surface area contributed by atoms with E-state index in [9.17, 15) is 0 Å². The minimum absolute atomic E-state index is 0.430. The fourth-order valence-electron chi connectivity index (χ4n) is 2.28. The molecule has 1 aliphatic rings. The van der Waals surface area contributed by atoms with Gasteiger partial charge in [-0.15, -0.1) is 0 Å². The van der Waals surface area contributed by atoms with Crippen molar-refractivity contribution in [1.29, 1.82) is 0 Å². The lowest BCUT2D eigenvalue weighted by Crippen LogP contribution is -2.12. The summed E-state index contributed by atoms with van der Waals surface area (Å²) in [6.07, 6.45) is 2.47. The summed E-state index contributed by atoms with van der Waals surface area (Å²) in [7, 11) is 1.61. The van der Waals surface area contributed by atoms with Gasteiger partial charge in [-0.1, -0.05) is 0 Å². The molecule has 1 aromatic heterocycles. The highest BCUT2D eigenvalue weighted by atomic mass is 16.5. The van der Waals surface area contributed by atoms with Crippen molar-refractivity contribution in [2.24, 2.45) is 5.92 Å². The van der Waals surface area contributed by atoms with Crippen LogP contribution in [0.5, 0.6) is 11.5 Å². The number of benzene rings is 1. The lowest BCUT2D eigenvalue weighted by molar-refractivity contribution is 0.165. The van der Waals surface area contributed by atoms with E-state index in [1.54, 1.807) is 7.11 Å². The second-order valence-corrected chi connectivity index (χ2v) is 4.82. The number of hydrogen-bond donors (Lipinski definition) is 1. The van der Waals surface area contributed by atoms with Crippen LogP contribution in [-0.2, 0) is 4.74 Å². The molecule has 2 aromatic rings. The molecule has 1 fully saturated rings. The third kappa shape index (κ3) is 2.46. The molecule has 106 valence electrons. The van der Waals surface area contributed by atoms with Crippen molar-refractivity contribution >= 4 is 16.7 Å². The highest BCUT2D eigenvalue weighted by molar-refractivity contribution is 5.90. The third-order valence-corrected chi connectivity index (χ3v) is 3.45. The largest absolute Gasteiger partial charge is 0.493 e. The van der Waals surface area contributed by atoms with Gasteiger partial charge in [-0.3, -0.25) is 0 Å². The Labute approximate surface area is 116 Å². The molecule has 0 spiro atoms. The molecule has 1 aromatic carbocycles. The smallest absolute Gasteiger partial charge is 0.162 e. The number of ether oxygens (including phenoxy) is 3. The van der Waals surface area contributed by atoms with E-state index in [1.807, 2.05) is 12.1 Å². The van der Waals surface area contributed by atoms with Crippen molar-refractivity contribution in [3.63, 3.8) is 0 Å². The Bertz CT molecular complexity index is 612. The number of hydrogen-bond acceptors (Lipinski definition) is 6. The van der Waals surface area contributed by atoms with Crippen molar-refractivity contribution in [3.05, 3.63) is 18.5 Å². The van der Waals surface area contributed by atoms with E-state index >= 15 is 0 Å². The highest BCUT2D eigenvalue weighted by Gasteiger charge is 2.18. The van der Waals surface area contributed by atoms with Crippen LogP contribution in [0.3, 0.4) is 0 Å². The second-order valence-electron chi connectivity index (χ2n) is 4.82. The molecule has 1 unspecified atom stereocenters. The van der Waals surface area contributed by atoms with E-state index < -0.39 is 0 Å². The predicted molar refractivity (Wildman–Crippen MR) is 74.9 cm³/mol. The molecule has 1 atom stereocenters. The second kappa shape index (κ2) is 5.50. The van der Waals surface area contributed by atoms with Crippen LogP contribution < -0.4 is 15.2 Å². The minimum Gasteiger partial charge on any atom is -0.493 e. The van der Waals surface area contributed by atoms with Crippen molar-refractivity contribution in [2.45, 2.75) is 6.42 Å². The number of fused-ring (bicyclic) bond motifs is 1. The summed E-state index contributed by atoms with van der Waals surface area (Å²) in [6.45, 7) is 2.17. The Morgan fingerprint density at radius 1 is 1.35 bits per heavy atom. The van der Waals surface area contributed by atoms with Gasteiger partial charge in [0.2, 0.25) is 0 Å². The predicted octanol–water partition coefficient (Wildman–Crippen LogP) is 1.64. The number of aromatic nitrogens is 2. The molecule has 0 saturated carbocycles. The fourth-order valence-corrected chi connectivity index (χ4v) is 2.28. The van der Waals surface area contributed by atoms with E-state index in [-0.39, 0.29) is 0 Å². The van der Waals surface area contributed by atoms with Gasteiger partial charge in [0.05, 0.1) is 25.8 Å². The molecule has 6 nitrogen and oxygen atoms in total. The zero-order chi connectivity index (χ0) is 13.9. The molecule has 1 saturated heterocycles. The van der Waals surface area contributed by atoms with Crippen LogP contribution >= 0.6 is 0 Å². The van der Waals surface area contributed by atoms with Gasteiger partial charge in [0, 0.05) is 24.0 Å². The van der Waals surface area contributed by atoms with Crippen molar-refractivity contribution in [3.8, 4) is 11.5 Å². The van der Waals surface area contributed by atoms with Gasteiger partial charge < -0.3 is 19.9 Å². The maximum absolute atomic E-state index is 5.87. The molecule has 20 heavy (non-hydrogen) atoms. The minimum atomic E-state index is 0.430. The summed E-state index contributed by atoms with van der Waals surface area (Å²) in [5.41, 5.74) is 6.61. The Kier molecular flexibility index (Phi) is 3.56. The average molecular weight is 275 g/mol. The van der Waals surface area contributed by atoms with Crippen molar-refractivity contribution in [1.82, 2.24) is 9.97 Å². The first-order valence-corrected chi connectivity index (χ1v) is 6.56. The molecule has 0 radical (unpaired) electrons. The number of nitrogen functional groups attached to an aromatic ring is 1. The van der Waals surface area contributed by atoms with Crippen LogP contribution in [0.1, 0.15) is 6.42 Å². The first-order valence-electron chi connectivity index (χ1n) is 6.56. The Hall–Kier alpha value is -2.08. The maximum atomic E-state index is 5.87. The van der Waals surface area contributed by atoms with Gasteiger partial charge >= 0.3 is 0 Å². The number of nitrogens with zero attached hydrogens (tertiary/aromatic N) is 2. The van der Waals surface area contributed by atoms with E-state index in [1.165, 1.54) is 6.33 Å². The molecular formula is C14H17N3O3. The summed E-state index contributed by atoms with van der Waals surface area (Å²) in [6, 6.07) is 3.65. The Morgan fingerprint density at radius 3 is 3.00 bits per heavy atom. The summed E-state index contributed by atoms with van der Waals surface area (Å²) >= 11 is 0. The molecule has 2 heterocycles. The number of anilines is 1. The van der Waals surface area contributed by atoms with Gasteiger partial charge in [-0.05, 0) is 12.5 Å². The van der Waals surface area contributed by atoms with Crippen molar-refractivity contribution in [2.75, 3.05) is 32.7 Å². The van der Waals surface area contributed by atoms with E-state index in [2.05, 4.69) is 9.97 Å². The maximum Gasteiger partial charge on any atom is 0.162 e. The third-order valence-electron chi connectivity index (χ3n) is 3.45. The normalized spacial score (nSPS) is 18.4.